The van der Waals surface area contributed by atoms with Gasteiger partial charge in [-0.05, 0) is 45.0 Å². The van der Waals surface area contributed by atoms with Crippen LogP contribution < -0.4 is 5.32 Å². The first-order chi connectivity index (χ1) is 15.3. The molecule has 0 aliphatic rings. The Morgan fingerprint density at radius 1 is 1.09 bits per heavy atom. The molecule has 0 saturated heterocycles. The number of benzene rings is 1. The van der Waals surface area contributed by atoms with Crippen molar-refractivity contribution in [3.05, 3.63) is 59.8 Å². The van der Waals surface area contributed by atoms with Gasteiger partial charge in [0, 0.05) is 11.6 Å². The third-order valence-electron chi connectivity index (χ3n) is 4.87. The standard InChI is InChI=1S/C22H20F2N6O2/c1-11(2)30-12(3)27-20-15(23)7-13(8-18(20)30)19-16(24)10-26-22(29-19)28-14-5-6-17(25-9-14)21(31)32-4/h5-11H,1-4H3,(H,26,28,29). The number of anilines is 2. The van der Waals surface area contributed by atoms with Gasteiger partial charge in [-0.3, -0.25) is 0 Å². The Labute approximate surface area is 182 Å². The zero-order valence-corrected chi connectivity index (χ0v) is 17.8. The summed E-state index contributed by atoms with van der Waals surface area (Å²) in [4.78, 5) is 28.0. The molecule has 0 radical (unpaired) electrons. The second-order valence-electron chi connectivity index (χ2n) is 7.39. The van der Waals surface area contributed by atoms with E-state index in [9.17, 15) is 13.6 Å². The number of fused-ring (bicyclic) bond motifs is 1. The third-order valence-corrected chi connectivity index (χ3v) is 4.87. The molecule has 1 N–H and O–H groups in total. The smallest absolute Gasteiger partial charge is 0.356 e. The highest BCUT2D eigenvalue weighted by molar-refractivity contribution is 5.87. The Morgan fingerprint density at radius 2 is 1.88 bits per heavy atom. The van der Waals surface area contributed by atoms with E-state index in [0.717, 1.165) is 6.20 Å². The van der Waals surface area contributed by atoms with Crippen molar-refractivity contribution >= 4 is 28.6 Å². The zero-order valence-electron chi connectivity index (χ0n) is 17.8. The molecule has 1 aromatic carbocycles. The van der Waals surface area contributed by atoms with Crippen molar-refractivity contribution in [2.45, 2.75) is 26.8 Å². The predicted molar refractivity (Wildman–Crippen MR) is 115 cm³/mol. The first-order valence-corrected chi connectivity index (χ1v) is 9.81. The van der Waals surface area contributed by atoms with Crippen LogP contribution in [-0.4, -0.2) is 37.6 Å². The van der Waals surface area contributed by atoms with Crippen LogP contribution in [0.25, 0.3) is 22.3 Å². The fourth-order valence-electron chi connectivity index (χ4n) is 3.51. The molecule has 0 unspecified atom stereocenters. The topological polar surface area (TPSA) is 94.8 Å². The quantitative estimate of drug-likeness (QED) is 0.456. The van der Waals surface area contributed by atoms with Crippen molar-refractivity contribution in [2.75, 3.05) is 12.4 Å². The summed E-state index contributed by atoms with van der Waals surface area (Å²) < 4.78 is 35.9. The van der Waals surface area contributed by atoms with Crippen molar-refractivity contribution in [1.29, 1.82) is 0 Å². The SMILES string of the molecule is COC(=O)c1ccc(Nc2ncc(F)c(-c3cc(F)c4nc(C)n(C(C)C)c4c3)n2)cn1. The van der Waals surface area contributed by atoms with Crippen LogP contribution in [0, 0.1) is 18.6 Å². The van der Waals surface area contributed by atoms with Crippen LogP contribution in [0.2, 0.25) is 0 Å². The van der Waals surface area contributed by atoms with Crippen LogP contribution >= 0.6 is 0 Å². The molecule has 0 saturated carbocycles. The van der Waals surface area contributed by atoms with Gasteiger partial charge in [-0.25, -0.2) is 33.5 Å². The predicted octanol–water partition coefficient (Wildman–Crippen LogP) is 4.59. The molecule has 0 aliphatic carbocycles. The highest BCUT2D eigenvalue weighted by atomic mass is 19.1. The molecule has 3 heterocycles. The lowest BCUT2D eigenvalue weighted by molar-refractivity contribution is 0.0594. The summed E-state index contributed by atoms with van der Waals surface area (Å²) in [7, 11) is 1.26. The van der Waals surface area contributed by atoms with Crippen molar-refractivity contribution in [3.8, 4) is 11.3 Å². The monoisotopic (exact) mass is 438 g/mol. The molecule has 8 nitrogen and oxygen atoms in total. The lowest BCUT2D eigenvalue weighted by atomic mass is 10.1. The number of aromatic nitrogens is 5. The molecule has 4 rings (SSSR count). The number of ether oxygens (including phenoxy) is 1. The summed E-state index contributed by atoms with van der Waals surface area (Å²) in [6.45, 7) is 5.73. The van der Waals surface area contributed by atoms with Gasteiger partial charge in [-0.2, -0.15) is 0 Å². The average molecular weight is 438 g/mol. The molecule has 0 spiro atoms. The second-order valence-corrected chi connectivity index (χ2v) is 7.39. The molecule has 0 atom stereocenters. The molecule has 32 heavy (non-hydrogen) atoms. The molecule has 0 amide bonds. The molecule has 0 fully saturated rings. The summed E-state index contributed by atoms with van der Waals surface area (Å²) >= 11 is 0. The third kappa shape index (κ3) is 3.86. The lowest BCUT2D eigenvalue weighted by Gasteiger charge is -2.12. The van der Waals surface area contributed by atoms with Gasteiger partial charge >= 0.3 is 5.97 Å². The maximum absolute atomic E-state index is 14.8. The van der Waals surface area contributed by atoms with Gasteiger partial charge in [0.1, 0.15) is 22.7 Å². The van der Waals surface area contributed by atoms with Crippen LogP contribution in [0.4, 0.5) is 20.4 Å². The minimum absolute atomic E-state index is 0.0441. The van der Waals surface area contributed by atoms with E-state index in [1.54, 1.807) is 19.1 Å². The minimum Gasteiger partial charge on any atom is -0.464 e. The number of carbonyl (C=O) groups is 1. The van der Waals surface area contributed by atoms with E-state index >= 15 is 0 Å². The van der Waals surface area contributed by atoms with E-state index in [0.29, 0.717) is 17.0 Å². The number of nitrogens with zero attached hydrogens (tertiary/aromatic N) is 5. The van der Waals surface area contributed by atoms with Gasteiger partial charge in [-0.1, -0.05) is 0 Å². The van der Waals surface area contributed by atoms with E-state index in [1.807, 2.05) is 18.4 Å². The highest BCUT2D eigenvalue weighted by Gasteiger charge is 2.18. The van der Waals surface area contributed by atoms with Crippen LogP contribution in [0.1, 0.15) is 36.2 Å². The van der Waals surface area contributed by atoms with Gasteiger partial charge in [0.25, 0.3) is 0 Å². The Bertz CT molecular complexity index is 1320. The first kappa shape index (κ1) is 21.3. The van der Waals surface area contributed by atoms with Crippen molar-refractivity contribution in [2.24, 2.45) is 0 Å². The average Bonchev–Trinajstić information content (AvgIpc) is 3.11. The normalized spacial score (nSPS) is 11.2. The molecule has 4 aromatic rings. The van der Waals surface area contributed by atoms with E-state index in [2.05, 4.69) is 30.0 Å². The number of imidazole rings is 1. The minimum atomic E-state index is -0.694. The van der Waals surface area contributed by atoms with Gasteiger partial charge < -0.3 is 14.6 Å². The maximum atomic E-state index is 14.8. The van der Waals surface area contributed by atoms with Crippen LogP contribution in [0.15, 0.2) is 36.7 Å². The Morgan fingerprint density at radius 3 is 2.53 bits per heavy atom. The summed E-state index contributed by atoms with van der Waals surface area (Å²) in [6.07, 6.45) is 2.41. The van der Waals surface area contributed by atoms with Crippen molar-refractivity contribution < 1.29 is 18.3 Å². The van der Waals surface area contributed by atoms with Crippen molar-refractivity contribution in [1.82, 2.24) is 24.5 Å². The Balaban J connectivity index is 1.72. The van der Waals surface area contributed by atoms with Gasteiger partial charge in [-0.15, -0.1) is 0 Å². The van der Waals surface area contributed by atoms with Gasteiger partial charge in [0.2, 0.25) is 5.95 Å². The first-order valence-electron chi connectivity index (χ1n) is 9.81. The molecular formula is C22H20F2N6O2. The van der Waals surface area contributed by atoms with Gasteiger partial charge in [0.15, 0.2) is 11.6 Å². The number of pyridine rings is 1. The lowest BCUT2D eigenvalue weighted by Crippen LogP contribution is -2.05. The molecule has 164 valence electrons. The van der Waals surface area contributed by atoms with Crippen LogP contribution in [0.5, 0.6) is 0 Å². The summed E-state index contributed by atoms with van der Waals surface area (Å²) in [5, 5.41) is 2.90. The number of hydrogen-bond donors (Lipinski definition) is 1. The number of nitrogens with one attached hydrogen (secondary N) is 1. The van der Waals surface area contributed by atoms with E-state index in [4.69, 9.17) is 0 Å². The van der Waals surface area contributed by atoms with Crippen LogP contribution in [0.3, 0.4) is 0 Å². The van der Waals surface area contributed by atoms with Gasteiger partial charge in [0.05, 0.1) is 30.7 Å². The van der Waals surface area contributed by atoms with E-state index in [-0.39, 0.29) is 34.5 Å². The fraction of sp³-hybridized carbons (Fsp3) is 0.227. The summed E-state index contributed by atoms with van der Waals surface area (Å²) in [6, 6.07) is 5.97. The Hall–Kier alpha value is -3.95. The van der Waals surface area contributed by atoms with E-state index in [1.165, 1.54) is 25.4 Å². The molecule has 3 aromatic heterocycles. The number of hydrogen-bond acceptors (Lipinski definition) is 7. The van der Waals surface area contributed by atoms with Crippen molar-refractivity contribution in [3.63, 3.8) is 0 Å². The molecule has 0 bridgehead atoms. The Kier molecular flexibility index (Phi) is 5.52. The van der Waals surface area contributed by atoms with E-state index < -0.39 is 17.6 Å². The molecule has 10 heteroatoms. The number of aryl methyl sites for hydroxylation is 1. The highest BCUT2D eigenvalue weighted by Crippen LogP contribution is 2.30. The molecule has 0 aliphatic heterocycles. The van der Waals surface area contributed by atoms with Crippen LogP contribution in [-0.2, 0) is 4.74 Å². The number of methoxy groups -OCH3 is 1. The number of carbonyl (C=O) groups excluding carboxylic acids is 1. The largest absolute Gasteiger partial charge is 0.464 e. The number of halogens is 2. The summed E-state index contributed by atoms with van der Waals surface area (Å²) in [5.74, 6) is -1.07. The molecular weight excluding hydrogens is 418 g/mol. The fourth-order valence-corrected chi connectivity index (χ4v) is 3.51. The number of rotatable bonds is 5. The maximum Gasteiger partial charge on any atom is 0.356 e. The number of esters is 1. The zero-order chi connectivity index (χ0) is 23.0. The summed E-state index contributed by atoms with van der Waals surface area (Å²) in [5.41, 5.74) is 1.60. The second kappa shape index (κ2) is 8.29.